The van der Waals surface area contributed by atoms with E-state index < -0.39 is 17.7 Å². The third-order valence-corrected chi connectivity index (χ3v) is 4.87. The predicted molar refractivity (Wildman–Crippen MR) is 108 cm³/mol. The van der Waals surface area contributed by atoms with Crippen LogP contribution in [0.25, 0.3) is 5.76 Å². The maximum absolute atomic E-state index is 12.9. The summed E-state index contributed by atoms with van der Waals surface area (Å²) in [6, 6.07) is 4.56. The lowest BCUT2D eigenvalue weighted by Crippen LogP contribution is -2.32. The normalized spacial score (nSPS) is 18.7. The molecule has 1 aliphatic heterocycles. The van der Waals surface area contributed by atoms with Crippen molar-refractivity contribution in [1.82, 2.24) is 24.8 Å². The van der Waals surface area contributed by atoms with Crippen molar-refractivity contribution in [2.24, 2.45) is 0 Å². The molecule has 1 aliphatic rings. The molecule has 0 aromatic carbocycles. The number of pyridine rings is 1. The standard InChI is InChI=1S/C21H25N5O3/c1-13-15(12-23-14(2)24-13)19(27)17-18(16-8-5-6-9-22-16)26(21(29)20(17)28)11-7-10-25(3)4/h5-6,8-9,12,18,27H,7,10-11H2,1-4H3/t18-/m0/s1. The number of ketones is 1. The van der Waals surface area contributed by atoms with E-state index in [1.807, 2.05) is 19.0 Å². The van der Waals surface area contributed by atoms with Gasteiger partial charge in [-0.25, -0.2) is 9.97 Å². The predicted octanol–water partition coefficient (Wildman–Crippen LogP) is 1.86. The third-order valence-electron chi connectivity index (χ3n) is 4.87. The average Bonchev–Trinajstić information content (AvgIpc) is 2.93. The Bertz CT molecular complexity index is 956. The van der Waals surface area contributed by atoms with E-state index in [1.54, 1.807) is 38.2 Å². The number of nitrogens with zero attached hydrogens (tertiary/aromatic N) is 5. The molecule has 0 aliphatic carbocycles. The molecule has 0 spiro atoms. The zero-order valence-electron chi connectivity index (χ0n) is 17.1. The van der Waals surface area contributed by atoms with Gasteiger partial charge in [0.15, 0.2) is 0 Å². The molecule has 152 valence electrons. The van der Waals surface area contributed by atoms with E-state index in [4.69, 9.17) is 0 Å². The van der Waals surface area contributed by atoms with Crippen LogP contribution in [0.5, 0.6) is 0 Å². The van der Waals surface area contributed by atoms with Crippen LogP contribution in [0, 0.1) is 13.8 Å². The number of aliphatic hydroxyl groups is 1. The van der Waals surface area contributed by atoms with Crippen LogP contribution in [0.3, 0.4) is 0 Å². The minimum atomic E-state index is -0.751. The van der Waals surface area contributed by atoms with Gasteiger partial charge in [0.25, 0.3) is 11.7 Å². The quantitative estimate of drug-likeness (QED) is 0.453. The van der Waals surface area contributed by atoms with Gasteiger partial charge in [-0.3, -0.25) is 14.6 Å². The molecule has 29 heavy (non-hydrogen) atoms. The second-order valence-electron chi connectivity index (χ2n) is 7.32. The molecule has 2 aromatic heterocycles. The van der Waals surface area contributed by atoms with Crippen molar-refractivity contribution in [3.63, 3.8) is 0 Å². The molecule has 0 bridgehead atoms. The maximum Gasteiger partial charge on any atom is 0.295 e. The zero-order valence-corrected chi connectivity index (χ0v) is 17.1. The third kappa shape index (κ3) is 4.17. The zero-order chi connectivity index (χ0) is 21.1. The lowest BCUT2D eigenvalue weighted by atomic mass is 9.98. The van der Waals surface area contributed by atoms with Gasteiger partial charge < -0.3 is 14.9 Å². The molecular weight excluding hydrogens is 370 g/mol. The molecule has 0 saturated carbocycles. The molecule has 2 aromatic rings. The van der Waals surface area contributed by atoms with E-state index in [1.165, 1.54) is 11.1 Å². The van der Waals surface area contributed by atoms with Crippen LogP contribution in [0.1, 0.15) is 35.2 Å². The van der Waals surface area contributed by atoms with Crippen LogP contribution < -0.4 is 0 Å². The van der Waals surface area contributed by atoms with Crippen LogP contribution in [0.2, 0.25) is 0 Å². The number of Topliss-reactive ketones (excluding diaryl/α,β-unsaturated/α-hetero) is 1. The first-order valence-electron chi connectivity index (χ1n) is 9.46. The summed E-state index contributed by atoms with van der Waals surface area (Å²) in [7, 11) is 3.90. The van der Waals surface area contributed by atoms with Crippen LogP contribution in [-0.2, 0) is 9.59 Å². The van der Waals surface area contributed by atoms with Crippen LogP contribution in [0.15, 0.2) is 36.2 Å². The Morgan fingerprint density at radius 2 is 1.97 bits per heavy atom. The van der Waals surface area contributed by atoms with Gasteiger partial charge in [0.1, 0.15) is 17.6 Å². The molecule has 3 heterocycles. The van der Waals surface area contributed by atoms with Crippen LogP contribution in [-0.4, -0.2) is 68.7 Å². The van der Waals surface area contributed by atoms with Crippen molar-refractivity contribution in [1.29, 1.82) is 0 Å². The summed E-state index contributed by atoms with van der Waals surface area (Å²) >= 11 is 0. The van der Waals surface area contributed by atoms with Gasteiger partial charge in [-0.1, -0.05) is 6.07 Å². The Kier molecular flexibility index (Phi) is 6.03. The molecule has 8 heteroatoms. The number of aromatic nitrogens is 3. The van der Waals surface area contributed by atoms with E-state index in [9.17, 15) is 14.7 Å². The number of aliphatic hydroxyl groups excluding tert-OH is 1. The monoisotopic (exact) mass is 395 g/mol. The average molecular weight is 395 g/mol. The van der Waals surface area contributed by atoms with Gasteiger partial charge in [-0.2, -0.15) is 0 Å². The number of hydrogen-bond donors (Lipinski definition) is 1. The highest BCUT2D eigenvalue weighted by molar-refractivity contribution is 6.46. The number of aryl methyl sites for hydroxylation is 2. The maximum atomic E-state index is 12.9. The van der Waals surface area contributed by atoms with Gasteiger partial charge >= 0.3 is 0 Å². The minimum Gasteiger partial charge on any atom is -0.507 e. The molecule has 1 saturated heterocycles. The second kappa shape index (κ2) is 8.48. The van der Waals surface area contributed by atoms with E-state index >= 15 is 0 Å². The van der Waals surface area contributed by atoms with Crippen molar-refractivity contribution in [3.8, 4) is 0 Å². The van der Waals surface area contributed by atoms with Crippen LogP contribution >= 0.6 is 0 Å². The summed E-state index contributed by atoms with van der Waals surface area (Å²) < 4.78 is 0. The van der Waals surface area contributed by atoms with Gasteiger partial charge in [0.05, 0.1) is 22.5 Å². The van der Waals surface area contributed by atoms with E-state index in [-0.39, 0.29) is 11.3 Å². The number of rotatable bonds is 6. The van der Waals surface area contributed by atoms with E-state index in [2.05, 4.69) is 15.0 Å². The SMILES string of the molecule is Cc1ncc(C(O)=C2C(=O)C(=O)N(CCCN(C)C)[C@H]2c2ccccn2)c(C)n1. The Hall–Kier alpha value is -3.13. The lowest BCUT2D eigenvalue weighted by Gasteiger charge is -2.25. The number of likely N-dealkylation sites (tertiary alicyclic amines) is 1. The Morgan fingerprint density at radius 1 is 1.21 bits per heavy atom. The highest BCUT2D eigenvalue weighted by Gasteiger charge is 2.46. The Balaban J connectivity index is 2.10. The topological polar surface area (TPSA) is 99.5 Å². The van der Waals surface area contributed by atoms with Gasteiger partial charge in [-0.15, -0.1) is 0 Å². The van der Waals surface area contributed by atoms with E-state index in [0.717, 1.165) is 6.54 Å². The molecule has 8 nitrogen and oxygen atoms in total. The fraction of sp³-hybridized carbons (Fsp3) is 0.381. The smallest absolute Gasteiger partial charge is 0.295 e. The second-order valence-corrected chi connectivity index (χ2v) is 7.32. The molecule has 0 radical (unpaired) electrons. The fourth-order valence-corrected chi connectivity index (χ4v) is 3.47. The van der Waals surface area contributed by atoms with Gasteiger partial charge in [-0.05, 0) is 53.0 Å². The number of hydrogen-bond acceptors (Lipinski definition) is 7. The molecule has 1 amide bonds. The summed E-state index contributed by atoms with van der Waals surface area (Å²) in [5.41, 5.74) is 1.43. The molecule has 1 N–H and O–H groups in total. The Morgan fingerprint density at radius 3 is 2.59 bits per heavy atom. The number of amides is 1. The van der Waals surface area contributed by atoms with Crippen molar-refractivity contribution < 1.29 is 14.7 Å². The largest absolute Gasteiger partial charge is 0.507 e. The molecule has 3 rings (SSSR count). The number of carbonyl (C=O) groups excluding carboxylic acids is 2. The summed E-state index contributed by atoms with van der Waals surface area (Å²) in [4.78, 5) is 42.0. The van der Waals surface area contributed by atoms with Crippen molar-refractivity contribution in [2.75, 3.05) is 27.2 Å². The number of carbonyl (C=O) groups is 2. The fourth-order valence-electron chi connectivity index (χ4n) is 3.47. The molecule has 0 unspecified atom stereocenters. The van der Waals surface area contributed by atoms with Crippen molar-refractivity contribution >= 4 is 17.4 Å². The molecular formula is C21H25N5O3. The van der Waals surface area contributed by atoms with E-state index in [0.29, 0.717) is 35.7 Å². The Labute approximate surface area is 169 Å². The first-order chi connectivity index (χ1) is 13.8. The highest BCUT2D eigenvalue weighted by atomic mass is 16.3. The van der Waals surface area contributed by atoms with Crippen LogP contribution in [0.4, 0.5) is 0 Å². The summed E-state index contributed by atoms with van der Waals surface area (Å²) in [6.07, 6.45) is 3.77. The first-order valence-corrected chi connectivity index (χ1v) is 9.46. The summed E-state index contributed by atoms with van der Waals surface area (Å²) in [6.45, 7) is 4.62. The lowest BCUT2D eigenvalue weighted by molar-refractivity contribution is -0.140. The summed E-state index contributed by atoms with van der Waals surface area (Å²) in [5, 5.41) is 11.0. The highest BCUT2D eigenvalue weighted by Crippen LogP contribution is 2.38. The first kappa shape index (κ1) is 20.6. The van der Waals surface area contributed by atoms with Crippen molar-refractivity contribution in [3.05, 3.63) is 58.9 Å². The molecule has 1 fully saturated rings. The minimum absolute atomic E-state index is 0.0223. The van der Waals surface area contributed by atoms with Gasteiger partial charge in [0, 0.05) is 18.9 Å². The molecule has 1 atom stereocenters. The summed E-state index contributed by atoms with van der Waals surface area (Å²) in [5.74, 6) is -1.06. The van der Waals surface area contributed by atoms with Crippen molar-refractivity contribution in [2.45, 2.75) is 26.3 Å². The van der Waals surface area contributed by atoms with Gasteiger partial charge in [0.2, 0.25) is 0 Å².